The van der Waals surface area contributed by atoms with Crippen LogP contribution in [-0.4, -0.2) is 51.6 Å². The molecule has 1 aromatic heterocycles. The van der Waals surface area contributed by atoms with E-state index in [1.807, 2.05) is 0 Å². The molecule has 1 atom stereocenters. The van der Waals surface area contributed by atoms with Gasteiger partial charge in [-0.2, -0.15) is 17.6 Å². The SMILES string of the molecule is N=CN=C(N)S(=O)(=O)n1cc2c(n1)CN(C(=O)[C@H](CO)c1ccccc1Cl)C2. The van der Waals surface area contributed by atoms with Gasteiger partial charge in [0.15, 0.2) is 0 Å². The Hall–Kier alpha value is -2.76. The number of aliphatic imine (C=N–C) groups is 1. The second-order valence-electron chi connectivity index (χ2n) is 6.03. The Morgan fingerprint density at radius 3 is 2.75 bits per heavy atom. The predicted molar refractivity (Wildman–Crippen MR) is 102 cm³/mol. The van der Waals surface area contributed by atoms with Gasteiger partial charge in [0.05, 0.1) is 24.8 Å². The quantitative estimate of drug-likeness (QED) is 0.461. The van der Waals surface area contributed by atoms with Crippen molar-refractivity contribution in [1.82, 2.24) is 14.1 Å². The van der Waals surface area contributed by atoms with Gasteiger partial charge in [0, 0.05) is 23.3 Å². The highest BCUT2D eigenvalue weighted by Gasteiger charge is 2.34. The van der Waals surface area contributed by atoms with Crippen molar-refractivity contribution < 1.29 is 18.3 Å². The van der Waals surface area contributed by atoms with Crippen LogP contribution in [0.5, 0.6) is 0 Å². The van der Waals surface area contributed by atoms with E-state index in [0.29, 0.717) is 32.3 Å². The van der Waals surface area contributed by atoms with Crippen LogP contribution >= 0.6 is 11.6 Å². The molecule has 0 saturated carbocycles. The Labute approximate surface area is 165 Å². The van der Waals surface area contributed by atoms with Gasteiger partial charge in [0.2, 0.25) is 11.1 Å². The number of aliphatic hydroxyl groups excluding tert-OH is 1. The summed E-state index contributed by atoms with van der Waals surface area (Å²) < 4.78 is 25.1. The summed E-state index contributed by atoms with van der Waals surface area (Å²) in [6, 6.07) is 6.77. The van der Waals surface area contributed by atoms with E-state index in [1.165, 1.54) is 11.1 Å². The highest BCUT2D eigenvalue weighted by molar-refractivity contribution is 8.04. The van der Waals surface area contributed by atoms with Gasteiger partial charge >= 0.3 is 10.0 Å². The van der Waals surface area contributed by atoms with Gasteiger partial charge in [-0.3, -0.25) is 10.2 Å². The first kappa shape index (κ1) is 20.0. The van der Waals surface area contributed by atoms with E-state index in [-0.39, 0.29) is 19.0 Å². The zero-order valence-electron chi connectivity index (χ0n) is 14.5. The Bertz CT molecular complexity index is 1040. The van der Waals surface area contributed by atoms with Gasteiger partial charge in [-0.25, -0.2) is 4.99 Å². The molecule has 0 spiro atoms. The smallest absolute Gasteiger partial charge is 0.316 e. The topological polar surface area (TPSA) is 155 Å². The largest absolute Gasteiger partial charge is 0.395 e. The Kier molecular flexibility index (Phi) is 5.49. The number of nitrogens with one attached hydrogen (secondary N) is 1. The molecule has 28 heavy (non-hydrogen) atoms. The summed E-state index contributed by atoms with van der Waals surface area (Å²) in [5, 5.41) is 20.2. The molecule has 12 heteroatoms. The number of amides is 1. The fourth-order valence-corrected chi connectivity index (χ4v) is 4.04. The van der Waals surface area contributed by atoms with Crippen LogP contribution in [0.1, 0.15) is 22.7 Å². The van der Waals surface area contributed by atoms with Crippen LogP contribution in [0.4, 0.5) is 0 Å². The number of aliphatic hydroxyl groups is 1. The highest BCUT2D eigenvalue weighted by Crippen LogP contribution is 2.30. The minimum Gasteiger partial charge on any atom is -0.395 e. The Morgan fingerprint density at radius 2 is 2.14 bits per heavy atom. The van der Waals surface area contributed by atoms with Crippen molar-refractivity contribution in [3.8, 4) is 0 Å². The molecule has 1 aliphatic rings. The van der Waals surface area contributed by atoms with Gasteiger partial charge < -0.3 is 15.7 Å². The average molecular weight is 425 g/mol. The lowest BCUT2D eigenvalue weighted by molar-refractivity contribution is -0.134. The van der Waals surface area contributed by atoms with Gasteiger partial charge in [-0.15, -0.1) is 0 Å². The summed E-state index contributed by atoms with van der Waals surface area (Å²) in [7, 11) is -4.17. The molecule has 0 radical (unpaired) electrons. The third-order valence-corrected chi connectivity index (χ3v) is 5.99. The molecule has 148 valence electrons. The van der Waals surface area contributed by atoms with Crippen molar-refractivity contribution in [2.75, 3.05) is 6.61 Å². The fraction of sp³-hybridized carbons (Fsp3) is 0.250. The molecular formula is C16H17ClN6O4S. The van der Waals surface area contributed by atoms with Crippen molar-refractivity contribution in [3.05, 3.63) is 52.3 Å². The summed E-state index contributed by atoms with van der Waals surface area (Å²) in [5.74, 6) is -1.17. The van der Waals surface area contributed by atoms with Crippen LogP contribution in [0.2, 0.25) is 5.02 Å². The van der Waals surface area contributed by atoms with E-state index < -0.39 is 27.7 Å². The molecule has 10 nitrogen and oxygen atoms in total. The lowest BCUT2D eigenvalue weighted by Gasteiger charge is -2.22. The van der Waals surface area contributed by atoms with E-state index in [2.05, 4.69) is 10.1 Å². The number of hydrogen-bond donors (Lipinski definition) is 3. The first-order valence-corrected chi connectivity index (χ1v) is 9.90. The summed E-state index contributed by atoms with van der Waals surface area (Å²) in [4.78, 5) is 17.6. The molecule has 4 N–H and O–H groups in total. The number of fused-ring (bicyclic) bond motifs is 1. The molecule has 2 aromatic rings. The van der Waals surface area contributed by atoms with Gasteiger partial charge in [0.25, 0.3) is 0 Å². The van der Waals surface area contributed by atoms with E-state index >= 15 is 0 Å². The number of benzene rings is 1. The van der Waals surface area contributed by atoms with E-state index in [1.54, 1.807) is 24.3 Å². The molecule has 0 unspecified atom stereocenters. The van der Waals surface area contributed by atoms with Gasteiger partial charge in [0.1, 0.15) is 6.34 Å². The number of aromatic nitrogens is 2. The molecule has 0 bridgehead atoms. The maximum Gasteiger partial charge on any atom is 0.316 e. The highest BCUT2D eigenvalue weighted by atomic mass is 35.5. The summed E-state index contributed by atoms with van der Waals surface area (Å²) in [5.41, 5.74) is 6.82. The molecule has 1 aliphatic heterocycles. The van der Waals surface area contributed by atoms with Gasteiger partial charge in [-0.05, 0) is 11.6 Å². The minimum atomic E-state index is -4.17. The standard InChI is InChI=1S/C16H17ClN6O4S/c17-13-4-2-1-3-11(13)12(8-24)15(25)22-5-10-6-23(21-14(10)7-22)28(26,27)16(19)20-9-18/h1-4,6,9,12,24H,5,7-8H2,(H3,18,19,20)/t12-/m1/s1. The third kappa shape index (κ3) is 3.51. The number of carbonyl (C=O) groups excluding carboxylic acids is 1. The van der Waals surface area contributed by atoms with Crippen molar-refractivity contribution in [2.45, 2.75) is 19.0 Å². The summed E-state index contributed by atoms with van der Waals surface area (Å²) in [6.07, 6.45) is 1.78. The summed E-state index contributed by atoms with van der Waals surface area (Å²) >= 11 is 6.14. The molecule has 1 amide bonds. The van der Waals surface area contributed by atoms with Crippen LogP contribution in [0.3, 0.4) is 0 Å². The number of nitrogens with two attached hydrogens (primary N) is 1. The fourth-order valence-electron chi connectivity index (χ4n) is 2.92. The van der Waals surface area contributed by atoms with Crippen LogP contribution in [0.25, 0.3) is 0 Å². The van der Waals surface area contributed by atoms with Crippen molar-refractivity contribution in [3.63, 3.8) is 0 Å². The van der Waals surface area contributed by atoms with Crippen molar-refractivity contribution in [1.29, 1.82) is 5.41 Å². The molecule has 3 rings (SSSR count). The zero-order valence-corrected chi connectivity index (χ0v) is 16.1. The number of amidine groups is 1. The number of rotatable bonds is 5. The first-order valence-electron chi connectivity index (χ1n) is 8.09. The second kappa shape index (κ2) is 7.70. The minimum absolute atomic E-state index is 0.0826. The molecule has 1 aromatic carbocycles. The number of halogens is 1. The Morgan fingerprint density at radius 1 is 1.43 bits per heavy atom. The molecule has 2 heterocycles. The van der Waals surface area contributed by atoms with Crippen LogP contribution < -0.4 is 5.73 Å². The average Bonchev–Trinajstić information content (AvgIpc) is 3.23. The normalized spacial score (nSPS) is 15.4. The lowest BCUT2D eigenvalue weighted by Crippen LogP contribution is -2.34. The monoisotopic (exact) mass is 424 g/mol. The number of carbonyl (C=O) groups is 1. The number of nitrogens with zero attached hydrogens (tertiary/aromatic N) is 4. The van der Waals surface area contributed by atoms with Crippen molar-refractivity contribution >= 4 is 39.0 Å². The molecular weight excluding hydrogens is 408 g/mol. The second-order valence-corrected chi connectivity index (χ2v) is 8.18. The molecule has 0 saturated heterocycles. The first-order chi connectivity index (χ1) is 13.3. The van der Waals surface area contributed by atoms with E-state index in [4.69, 9.17) is 22.7 Å². The third-order valence-electron chi connectivity index (χ3n) is 4.33. The van der Waals surface area contributed by atoms with Crippen LogP contribution in [0.15, 0.2) is 35.5 Å². The number of hydrogen-bond acceptors (Lipinski definition) is 6. The van der Waals surface area contributed by atoms with E-state index in [9.17, 15) is 18.3 Å². The van der Waals surface area contributed by atoms with Crippen molar-refractivity contribution in [2.24, 2.45) is 10.7 Å². The zero-order chi connectivity index (χ0) is 20.5. The lowest BCUT2D eigenvalue weighted by atomic mass is 9.98. The molecule has 0 fully saturated rings. The predicted octanol–water partition coefficient (Wildman–Crippen LogP) is 0.254. The van der Waals surface area contributed by atoms with Crippen LogP contribution in [0, 0.1) is 5.41 Å². The van der Waals surface area contributed by atoms with E-state index in [0.717, 1.165) is 0 Å². The maximum absolute atomic E-state index is 12.9. The van der Waals surface area contributed by atoms with Gasteiger partial charge in [-0.1, -0.05) is 29.8 Å². The molecule has 0 aliphatic carbocycles. The summed E-state index contributed by atoms with van der Waals surface area (Å²) in [6.45, 7) is -0.201. The Balaban J connectivity index is 1.81. The van der Waals surface area contributed by atoms with Crippen LogP contribution in [-0.2, 0) is 27.9 Å². The maximum atomic E-state index is 12.9.